The summed E-state index contributed by atoms with van der Waals surface area (Å²) in [6, 6.07) is 23.9. The van der Waals surface area contributed by atoms with E-state index in [2.05, 4.69) is 4.98 Å². The van der Waals surface area contributed by atoms with Crippen molar-refractivity contribution in [3.05, 3.63) is 89.7 Å². The minimum atomic E-state index is -0.292. The molecule has 0 aliphatic carbocycles. The average Bonchev–Trinajstić information content (AvgIpc) is 3.08. The van der Waals surface area contributed by atoms with Crippen LogP contribution in [-0.4, -0.2) is 9.97 Å². The Balaban J connectivity index is 1.92. The molecule has 2 nitrogen and oxygen atoms in total. The van der Waals surface area contributed by atoms with E-state index in [1.54, 1.807) is 6.07 Å². The molecule has 0 aliphatic heterocycles. The zero-order valence-corrected chi connectivity index (χ0v) is 14.0. The zero-order valence-electron chi connectivity index (χ0n) is 13.2. The molecule has 1 heterocycles. The molecule has 122 valence electrons. The summed E-state index contributed by atoms with van der Waals surface area (Å²) in [7, 11) is 0. The molecule has 25 heavy (non-hydrogen) atoms. The van der Waals surface area contributed by atoms with Crippen molar-refractivity contribution >= 4 is 11.6 Å². The number of benzene rings is 3. The zero-order chi connectivity index (χ0) is 17.2. The molecule has 4 aromatic rings. The monoisotopic (exact) mass is 348 g/mol. The van der Waals surface area contributed by atoms with Crippen LogP contribution < -0.4 is 0 Å². The van der Waals surface area contributed by atoms with Gasteiger partial charge in [0.25, 0.3) is 0 Å². The highest BCUT2D eigenvalue weighted by atomic mass is 35.5. The fraction of sp³-hybridized carbons (Fsp3) is 0. The van der Waals surface area contributed by atoms with Crippen LogP contribution in [0.1, 0.15) is 0 Å². The number of imidazole rings is 1. The van der Waals surface area contributed by atoms with Gasteiger partial charge in [-0.3, -0.25) is 0 Å². The molecule has 4 heteroatoms. The third-order valence-electron chi connectivity index (χ3n) is 3.96. The molecule has 0 atom stereocenters. The van der Waals surface area contributed by atoms with Gasteiger partial charge in [0.05, 0.1) is 11.4 Å². The van der Waals surface area contributed by atoms with Crippen LogP contribution in [0.3, 0.4) is 0 Å². The first-order valence-corrected chi connectivity index (χ1v) is 8.26. The van der Waals surface area contributed by atoms with Crippen molar-refractivity contribution in [2.45, 2.75) is 0 Å². The summed E-state index contributed by atoms with van der Waals surface area (Å²) in [4.78, 5) is 8.07. The molecule has 0 aliphatic rings. The first-order valence-electron chi connectivity index (χ1n) is 7.88. The summed E-state index contributed by atoms with van der Waals surface area (Å²) in [5, 5.41) is 0.645. The Morgan fingerprint density at radius 2 is 1.48 bits per heavy atom. The van der Waals surface area contributed by atoms with Crippen LogP contribution in [-0.2, 0) is 0 Å². The fourth-order valence-electron chi connectivity index (χ4n) is 2.80. The molecule has 0 bridgehead atoms. The highest BCUT2D eigenvalue weighted by Gasteiger charge is 2.15. The summed E-state index contributed by atoms with van der Waals surface area (Å²) >= 11 is 6.15. The van der Waals surface area contributed by atoms with Gasteiger partial charge >= 0.3 is 0 Å². The van der Waals surface area contributed by atoms with Gasteiger partial charge in [-0.1, -0.05) is 66.2 Å². The molecule has 1 aromatic heterocycles. The van der Waals surface area contributed by atoms with Crippen molar-refractivity contribution in [2.24, 2.45) is 0 Å². The first kappa shape index (κ1) is 15.6. The lowest BCUT2D eigenvalue weighted by Gasteiger charge is -2.03. The van der Waals surface area contributed by atoms with E-state index in [0.717, 1.165) is 22.5 Å². The molecule has 0 saturated carbocycles. The Bertz CT molecular complexity index is 1030. The van der Waals surface area contributed by atoms with Crippen molar-refractivity contribution in [3.8, 4) is 33.9 Å². The molecule has 0 spiro atoms. The minimum Gasteiger partial charge on any atom is -0.337 e. The summed E-state index contributed by atoms with van der Waals surface area (Å²) in [5.41, 5.74) is 4.28. The van der Waals surface area contributed by atoms with Crippen LogP contribution in [0.2, 0.25) is 5.02 Å². The number of rotatable bonds is 3. The van der Waals surface area contributed by atoms with E-state index in [1.807, 2.05) is 60.7 Å². The van der Waals surface area contributed by atoms with Crippen LogP contribution in [0.5, 0.6) is 0 Å². The molecular formula is C21H14ClFN2. The van der Waals surface area contributed by atoms with Gasteiger partial charge in [0, 0.05) is 21.7 Å². The highest BCUT2D eigenvalue weighted by molar-refractivity contribution is 6.30. The Labute approximate surface area is 150 Å². The maximum absolute atomic E-state index is 13.6. The molecule has 1 N–H and O–H groups in total. The molecule has 0 unspecified atom stereocenters. The lowest BCUT2D eigenvalue weighted by molar-refractivity contribution is 0.628. The molecule has 4 rings (SSSR count). The van der Waals surface area contributed by atoms with E-state index in [0.29, 0.717) is 16.4 Å². The number of aromatic amines is 1. The highest BCUT2D eigenvalue weighted by Crippen LogP contribution is 2.33. The van der Waals surface area contributed by atoms with Gasteiger partial charge in [-0.2, -0.15) is 0 Å². The second-order valence-electron chi connectivity index (χ2n) is 5.70. The molecule has 3 aromatic carbocycles. The molecule has 0 radical (unpaired) electrons. The summed E-state index contributed by atoms with van der Waals surface area (Å²) < 4.78 is 13.6. The van der Waals surface area contributed by atoms with Gasteiger partial charge in [0.2, 0.25) is 0 Å². The normalized spacial score (nSPS) is 10.8. The van der Waals surface area contributed by atoms with E-state index < -0.39 is 0 Å². The van der Waals surface area contributed by atoms with Crippen molar-refractivity contribution in [1.82, 2.24) is 9.97 Å². The predicted octanol–water partition coefficient (Wildman–Crippen LogP) is 6.20. The number of aromatic nitrogens is 2. The molecule has 0 fully saturated rings. The lowest BCUT2D eigenvalue weighted by Crippen LogP contribution is -1.83. The van der Waals surface area contributed by atoms with Crippen LogP contribution >= 0.6 is 11.6 Å². The van der Waals surface area contributed by atoms with Crippen molar-refractivity contribution in [3.63, 3.8) is 0 Å². The van der Waals surface area contributed by atoms with Crippen LogP contribution in [0.4, 0.5) is 4.39 Å². The molecule has 0 amide bonds. The Hall–Kier alpha value is -2.91. The van der Waals surface area contributed by atoms with E-state index in [-0.39, 0.29) is 5.82 Å². The predicted molar refractivity (Wildman–Crippen MR) is 99.9 cm³/mol. The van der Waals surface area contributed by atoms with E-state index >= 15 is 0 Å². The molecular weight excluding hydrogens is 335 g/mol. The van der Waals surface area contributed by atoms with Gasteiger partial charge in [-0.05, 0) is 24.3 Å². The number of halogens is 2. The van der Waals surface area contributed by atoms with Crippen LogP contribution in [0.15, 0.2) is 78.9 Å². The topological polar surface area (TPSA) is 28.7 Å². The number of nitrogens with zero attached hydrogens (tertiary/aromatic N) is 1. The standard InChI is InChI=1S/C21H14ClFN2/c22-17-10-4-8-15(12-17)20-19(14-6-2-1-3-7-14)24-21(25-20)16-9-5-11-18(23)13-16/h1-13H,(H,24,25). The quantitative estimate of drug-likeness (QED) is 0.469. The first-order chi connectivity index (χ1) is 12.2. The molecule has 0 saturated heterocycles. The number of hydrogen-bond donors (Lipinski definition) is 1. The largest absolute Gasteiger partial charge is 0.337 e. The third kappa shape index (κ3) is 3.19. The van der Waals surface area contributed by atoms with E-state index in [4.69, 9.17) is 16.6 Å². The lowest BCUT2D eigenvalue weighted by atomic mass is 10.1. The van der Waals surface area contributed by atoms with Gasteiger partial charge in [-0.25, -0.2) is 9.37 Å². The van der Waals surface area contributed by atoms with Crippen molar-refractivity contribution in [2.75, 3.05) is 0 Å². The fourth-order valence-corrected chi connectivity index (χ4v) is 2.99. The van der Waals surface area contributed by atoms with Crippen molar-refractivity contribution < 1.29 is 4.39 Å². The van der Waals surface area contributed by atoms with Crippen LogP contribution in [0, 0.1) is 5.82 Å². The Morgan fingerprint density at radius 3 is 2.24 bits per heavy atom. The number of nitrogens with one attached hydrogen (secondary N) is 1. The maximum Gasteiger partial charge on any atom is 0.138 e. The van der Waals surface area contributed by atoms with Crippen LogP contribution in [0.25, 0.3) is 33.9 Å². The Morgan fingerprint density at radius 1 is 0.760 bits per heavy atom. The Kier molecular flexibility index (Phi) is 4.08. The minimum absolute atomic E-state index is 0.292. The second-order valence-corrected chi connectivity index (χ2v) is 6.13. The van der Waals surface area contributed by atoms with Gasteiger partial charge in [-0.15, -0.1) is 0 Å². The van der Waals surface area contributed by atoms with Gasteiger partial charge in [0.15, 0.2) is 0 Å². The SMILES string of the molecule is Fc1cccc(-c2nc(-c3cccc(Cl)c3)c(-c3ccccc3)[nH]2)c1. The summed E-state index contributed by atoms with van der Waals surface area (Å²) in [6.07, 6.45) is 0. The van der Waals surface area contributed by atoms with E-state index in [1.165, 1.54) is 12.1 Å². The summed E-state index contributed by atoms with van der Waals surface area (Å²) in [6.45, 7) is 0. The van der Waals surface area contributed by atoms with Crippen molar-refractivity contribution in [1.29, 1.82) is 0 Å². The smallest absolute Gasteiger partial charge is 0.138 e. The third-order valence-corrected chi connectivity index (χ3v) is 4.20. The van der Waals surface area contributed by atoms with E-state index in [9.17, 15) is 4.39 Å². The number of H-pyrrole nitrogens is 1. The maximum atomic E-state index is 13.6. The summed E-state index contributed by atoms with van der Waals surface area (Å²) in [5.74, 6) is 0.327. The van der Waals surface area contributed by atoms with Gasteiger partial charge < -0.3 is 4.98 Å². The van der Waals surface area contributed by atoms with Gasteiger partial charge in [0.1, 0.15) is 11.6 Å². The average molecular weight is 349 g/mol. The second kappa shape index (κ2) is 6.54. The number of hydrogen-bond acceptors (Lipinski definition) is 1.